The minimum atomic E-state index is 0.977. The molecule has 1 rings (SSSR count). The minimum Gasteiger partial charge on any atom is -0.373 e. The van der Waals surface area contributed by atoms with E-state index in [0.717, 1.165) is 29.4 Å². The summed E-state index contributed by atoms with van der Waals surface area (Å²) in [6.07, 6.45) is 4.99. The van der Waals surface area contributed by atoms with Gasteiger partial charge in [-0.2, -0.15) is 0 Å². The van der Waals surface area contributed by atoms with E-state index >= 15 is 0 Å². The van der Waals surface area contributed by atoms with Gasteiger partial charge in [0, 0.05) is 12.6 Å². The van der Waals surface area contributed by atoms with Crippen LogP contribution < -0.4 is 5.32 Å². The zero-order valence-electron chi connectivity index (χ0n) is 9.71. The van der Waals surface area contributed by atoms with Crippen LogP contribution >= 0.6 is 11.8 Å². The summed E-state index contributed by atoms with van der Waals surface area (Å²) in [5.41, 5.74) is 1.26. The molecule has 0 radical (unpaired) electrons. The molecular formula is C11H19N3S. The maximum absolute atomic E-state index is 4.36. The molecule has 0 aliphatic carbocycles. The number of nitrogens with one attached hydrogen (secondary N) is 1. The summed E-state index contributed by atoms with van der Waals surface area (Å²) in [6, 6.07) is 0. The van der Waals surface area contributed by atoms with E-state index in [1.165, 1.54) is 12.0 Å². The fourth-order valence-electron chi connectivity index (χ4n) is 1.41. The molecule has 0 aromatic carbocycles. The number of anilines is 1. The molecule has 0 unspecified atom stereocenters. The Morgan fingerprint density at radius 1 is 1.27 bits per heavy atom. The van der Waals surface area contributed by atoms with Crippen molar-refractivity contribution in [1.29, 1.82) is 0 Å². The maximum atomic E-state index is 4.36. The average molecular weight is 225 g/mol. The van der Waals surface area contributed by atoms with E-state index in [0.29, 0.717) is 0 Å². The van der Waals surface area contributed by atoms with Gasteiger partial charge in [-0.3, -0.25) is 0 Å². The van der Waals surface area contributed by atoms with Crippen LogP contribution in [0.5, 0.6) is 0 Å². The third-order valence-electron chi connectivity index (χ3n) is 2.09. The lowest BCUT2D eigenvalue weighted by atomic mass is 10.2. The Hall–Kier alpha value is -0.770. The molecule has 3 nitrogen and oxygen atoms in total. The van der Waals surface area contributed by atoms with E-state index in [1.807, 2.05) is 18.8 Å². The molecule has 0 aliphatic rings. The van der Waals surface area contributed by atoms with Crippen LogP contribution in [-0.4, -0.2) is 22.8 Å². The molecular weight excluding hydrogens is 206 g/mol. The van der Waals surface area contributed by atoms with E-state index in [9.17, 15) is 0 Å². The van der Waals surface area contributed by atoms with Crippen molar-refractivity contribution in [3.63, 3.8) is 0 Å². The Bertz CT molecular complexity index is 302. The van der Waals surface area contributed by atoms with Gasteiger partial charge in [0.25, 0.3) is 0 Å². The summed E-state index contributed by atoms with van der Waals surface area (Å²) in [7, 11) is 1.91. The normalized spacial score (nSPS) is 10.3. The standard InChI is InChI=1S/C11H19N3S/c1-4-6-9-10(12-3)13-8-14-11(9)15-7-5-2/h8H,4-7H2,1-3H3,(H,12,13,14). The summed E-state index contributed by atoms with van der Waals surface area (Å²) in [6.45, 7) is 4.37. The molecule has 1 N–H and O–H groups in total. The van der Waals surface area contributed by atoms with Gasteiger partial charge in [-0.05, 0) is 18.6 Å². The third-order valence-corrected chi connectivity index (χ3v) is 3.32. The smallest absolute Gasteiger partial charge is 0.133 e. The van der Waals surface area contributed by atoms with Crippen LogP contribution in [0.25, 0.3) is 0 Å². The van der Waals surface area contributed by atoms with Gasteiger partial charge in [-0.1, -0.05) is 20.3 Å². The highest BCUT2D eigenvalue weighted by Gasteiger charge is 2.09. The Morgan fingerprint density at radius 2 is 2.07 bits per heavy atom. The molecule has 15 heavy (non-hydrogen) atoms. The van der Waals surface area contributed by atoms with Crippen LogP contribution in [0.1, 0.15) is 32.3 Å². The highest BCUT2D eigenvalue weighted by molar-refractivity contribution is 7.99. The van der Waals surface area contributed by atoms with Gasteiger partial charge < -0.3 is 5.32 Å². The van der Waals surface area contributed by atoms with E-state index in [1.54, 1.807) is 6.33 Å². The van der Waals surface area contributed by atoms with Gasteiger partial charge in [-0.25, -0.2) is 9.97 Å². The second-order valence-electron chi connectivity index (χ2n) is 3.35. The highest BCUT2D eigenvalue weighted by atomic mass is 32.2. The van der Waals surface area contributed by atoms with E-state index in [2.05, 4.69) is 29.1 Å². The lowest BCUT2D eigenvalue weighted by Crippen LogP contribution is -2.02. The predicted molar refractivity (Wildman–Crippen MR) is 66.6 cm³/mol. The lowest BCUT2D eigenvalue weighted by Gasteiger charge is -2.10. The minimum absolute atomic E-state index is 0.977. The SMILES string of the molecule is CCCSc1ncnc(NC)c1CCC. The van der Waals surface area contributed by atoms with Gasteiger partial charge in [0.15, 0.2) is 0 Å². The molecule has 0 fully saturated rings. The quantitative estimate of drug-likeness (QED) is 0.596. The Balaban J connectivity index is 2.90. The fraction of sp³-hybridized carbons (Fsp3) is 0.636. The Kier molecular flexibility index (Phi) is 5.47. The first-order valence-corrected chi connectivity index (χ1v) is 6.46. The van der Waals surface area contributed by atoms with Gasteiger partial charge in [0.2, 0.25) is 0 Å². The number of hydrogen-bond donors (Lipinski definition) is 1. The Labute approximate surface area is 96.1 Å². The molecule has 0 bridgehead atoms. The predicted octanol–water partition coefficient (Wildman–Crippen LogP) is 2.97. The van der Waals surface area contributed by atoms with Crippen LogP contribution in [0.2, 0.25) is 0 Å². The zero-order chi connectivity index (χ0) is 11.1. The molecule has 0 aliphatic heterocycles. The molecule has 84 valence electrons. The van der Waals surface area contributed by atoms with Crippen molar-refractivity contribution >= 4 is 17.6 Å². The number of hydrogen-bond acceptors (Lipinski definition) is 4. The van der Waals surface area contributed by atoms with Crippen molar-refractivity contribution in [1.82, 2.24) is 9.97 Å². The van der Waals surface area contributed by atoms with Crippen molar-refractivity contribution in [2.24, 2.45) is 0 Å². The van der Waals surface area contributed by atoms with E-state index in [-0.39, 0.29) is 0 Å². The van der Waals surface area contributed by atoms with Gasteiger partial charge in [-0.15, -0.1) is 11.8 Å². The van der Waals surface area contributed by atoms with E-state index in [4.69, 9.17) is 0 Å². The van der Waals surface area contributed by atoms with Crippen LogP contribution in [0, 0.1) is 0 Å². The summed E-state index contributed by atoms with van der Waals surface area (Å²) in [5, 5.41) is 4.27. The van der Waals surface area contributed by atoms with Gasteiger partial charge in [0.1, 0.15) is 17.2 Å². The van der Waals surface area contributed by atoms with Crippen LogP contribution in [0.15, 0.2) is 11.4 Å². The highest BCUT2D eigenvalue weighted by Crippen LogP contribution is 2.26. The van der Waals surface area contributed by atoms with Crippen molar-refractivity contribution in [2.45, 2.75) is 38.1 Å². The van der Waals surface area contributed by atoms with Crippen molar-refractivity contribution in [3.05, 3.63) is 11.9 Å². The summed E-state index contributed by atoms with van der Waals surface area (Å²) >= 11 is 1.83. The summed E-state index contributed by atoms with van der Waals surface area (Å²) < 4.78 is 0. The topological polar surface area (TPSA) is 37.8 Å². The Morgan fingerprint density at radius 3 is 2.67 bits per heavy atom. The molecule has 1 heterocycles. The maximum Gasteiger partial charge on any atom is 0.133 e. The van der Waals surface area contributed by atoms with Crippen molar-refractivity contribution in [2.75, 3.05) is 18.1 Å². The third kappa shape index (κ3) is 3.38. The lowest BCUT2D eigenvalue weighted by molar-refractivity contribution is 0.858. The molecule has 4 heteroatoms. The largest absolute Gasteiger partial charge is 0.373 e. The number of thioether (sulfide) groups is 1. The van der Waals surface area contributed by atoms with E-state index < -0.39 is 0 Å². The molecule has 0 saturated carbocycles. The van der Waals surface area contributed by atoms with Crippen LogP contribution in [-0.2, 0) is 6.42 Å². The second kappa shape index (κ2) is 6.67. The summed E-state index contributed by atoms with van der Waals surface area (Å²) in [5.74, 6) is 2.10. The van der Waals surface area contributed by atoms with Gasteiger partial charge in [0.05, 0.1) is 0 Å². The molecule has 0 amide bonds. The second-order valence-corrected chi connectivity index (χ2v) is 4.44. The molecule has 0 atom stereocenters. The average Bonchev–Trinajstić information content (AvgIpc) is 2.28. The zero-order valence-corrected chi connectivity index (χ0v) is 10.5. The molecule has 1 aromatic heterocycles. The first-order valence-electron chi connectivity index (χ1n) is 5.47. The number of aromatic nitrogens is 2. The number of nitrogens with zero attached hydrogens (tertiary/aromatic N) is 2. The fourth-order valence-corrected chi connectivity index (χ4v) is 2.30. The van der Waals surface area contributed by atoms with Gasteiger partial charge >= 0.3 is 0 Å². The molecule has 1 aromatic rings. The van der Waals surface area contributed by atoms with Crippen molar-refractivity contribution < 1.29 is 0 Å². The van der Waals surface area contributed by atoms with Crippen LogP contribution in [0.3, 0.4) is 0 Å². The van der Waals surface area contributed by atoms with Crippen molar-refractivity contribution in [3.8, 4) is 0 Å². The summed E-state index contributed by atoms with van der Waals surface area (Å²) in [4.78, 5) is 8.60. The van der Waals surface area contributed by atoms with Crippen LogP contribution in [0.4, 0.5) is 5.82 Å². The first kappa shape index (κ1) is 12.3. The molecule has 0 saturated heterocycles. The number of rotatable bonds is 6. The first-order chi connectivity index (χ1) is 7.33. The molecule has 0 spiro atoms. The monoisotopic (exact) mass is 225 g/mol.